The van der Waals surface area contributed by atoms with E-state index in [0.29, 0.717) is 25.0 Å². The highest BCUT2D eigenvalue weighted by molar-refractivity contribution is 7.89. The van der Waals surface area contributed by atoms with Gasteiger partial charge in [0.2, 0.25) is 15.9 Å². The van der Waals surface area contributed by atoms with E-state index >= 15 is 0 Å². The topological polar surface area (TPSA) is 84.5 Å². The lowest BCUT2D eigenvalue weighted by Crippen LogP contribution is -2.35. The van der Waals surface area contributed by atoms with E-state index in [1.165, 1.54) is 0 Å². The second-order valence-electron chi connectivity index (χ2n) is 7.19. The first kappa shape index (κ1) is 22.9. The SMILES string of the molecule is Cc1ccc(S(=O)(=O)NCCNC(=O)CCCOc2c(C)cccc2C)c(C)c1. The average molecular weight is 419 g/mol. The Morgan fingerprint density at radius 2 is 1.66 bits per heavy atom. The van der Waals surface area contributed by atoms with Crippen LogP contribution in [0, 0.1) is 27.7 Å². The number of carbonyl (C=O) groups is 1. The van der Waals surface area contributed by atoms with Gasteiger partial charge in [0.1, 0.15) is 5.75 Å². The van der Waals surface area contributed by atoms with Crippen LogP contribution in [0.5, 0.6) is 5.75 Å². The molecule has 0 aliphatic rings. The summed E-state index contributed by atoms with van der Waals surface area (Å²) in [5.74, 6) is 0.745. The third kappa shape index (κ3) is 6.87. The van der Waals surface area contributed by atoms with Crippen LogP contribution in [0.3, 0.4) is 0 Å². The molecule has 1 amide bonds. The Bertz CT molecular complexity index is 935. The number of hydrogen-bond acceptors (Lipinski definition) is 4. The Hall–Kier alpha value is -2.38. The van der Waals surface area contributed by atoms with Gasteiger partial charge in [-0.05, 0) is 56.9 Å². The normalized spacial score (nSPS) is 11.3. The molecule has 0 atom stereocenters. The monoisotopic (exact) mass is 418 g/mol. The Labute approximate surface area is 173 Å². The van der Waals surface area contributed by atoms with Gasteiger partial charge < -0.3 is 10.1 Å². The number of nitrogens with one attached hydrogen (secondary N) is 2. The number of hydrogen-bond donors (Lipinski definition) is 2. The van der Waals surface area contributed by atoms with Gasteiger partial charge in [0, 0.05) is 19.5 Å². The Morgan fingerprint density at radius 1 is 0.966 bits per heavy atom. The Morgan fingerprint density at radius 3 is 2.31 bits per heavy atom. The number of aryl methyl sites for hydroxylation is 4. The van der Waals surface area contributed by atoms with Crippen molar-refractivity contribution in [3.05, 3.63) is 58.7 Å². The second kappa shape index (κ2) is 10.4. The molecule has 0 radical (unpaired) electrons. The Balaban J connectivity index is 1.68. The van der Waals surface area contributed by atoms with E-state index in [1.807, 2.05) is 45.0 Å². The van der Waals surface area contributed by atoms with Crippen molar-refractivity contribution >= 4 is 15.9 Å². The molecule has 158 valence electrons. The zero-order valence-electron chi connectivity index (χ0n) is 17.5. The molecule has 6 nitrogen and oxygen atoms in total. The number of sulfonamides is 1. The molecular formula is C22H30N2O4S. The average Bonchev–Trinajstić information content (AvgIpc) is 2.64. The van der Waals surface area contributed by atoms with Crippen LogP contribution >= 0.6 is 0 Å². The molecule has 2 rings (SSSR count). The summed E-state index contributed by atoms with van der Waals surface area (Å²) in [5.41, 5.74) is 3.86. The molecule has 29 heavy (non-hydrogen) atoms. The maximum atomic E-state index is 12.4. The molecule has 2 N–H and O–H groups in total. The third-order valence-electron chi connectivity index (χ3n) is 4.56. The molecule has 2 aromatic rings. The molecule has 0 aliphatic heterocycles. The van der Waals surface area contributed by atoms with Crippen LogP contribution in [0.25, 0.3) is 0 Å². The summed E-state index contributed by atoms with van der Waals surface area (Å²) in [6.07, 6.45) is 0.919. The van der Waals surface area contributed by atoms with Gasteiger partial charge in [-0.2, -0.15) is 0 Å². The van der Waals surface area contributed by atoms with Gasteiger partial charge in [0.15, 0.2) is 0 Å². The third-order valence-corrected chi connectivity index (χ3v) is 6.18. The van der Waals surface area contributed by atoms with E-state index in [1.54, 1.807) is 19.1 Å². The summed E-state index contributed by atoms with van der Waals surface area (Å²) in [5, 5.41) is 2.73. The van der Waals surface area contributed by atoms with E-state index in [4.69, 9.17) is 4.74 Å². The van der Waals surface area contributed by atoms with E-state index in [-0.39, 0.29) is 23.9 Å². The molecule has 0 aromatic heterocycles. The summed E-state index contributed by atoms with van der Waals surface area (Å²) in [6.45, 7) is 8.51. The molecule has 2 aromatic carbocycles. The van der Waals surface area contributed by atoms with Crippen molar-refractivity contribution in [1.29, 1.82) is 0 Å². The Kier molecular flexibility index (Phi) is 8.22. The minimum atomic E-state index is -3.59. The van der Waals surface area contributed by atoms with Crippen LogP contribution in [-0.2, 0) is 14.8 Å². The first-order valence-corrected chi connectivity index (χ1v) is 11.2. The highest BCUT2D eigenvalue weighted by Crippen LogP contribution is 2.22. The molecule has 0 spiro atoms. The fourth-order valence-electron chi connectivity index (χ4n) is 3.09. The van der Waals surface area contributed by atoms with Gasteiger partial charge >= 0.3 is 0 Å². The summed E-state index contributed by atoms with van der Waals surface area (Å²) in [7, 11) is -3.59. The fourth-order valence-corrected chi connectivity index (χ4v) is 4.34. The number of benzene rings is 2. The van der Waals surface area contributed by atoms with Crippen LogP contribution < -0.4 is 14.8 Å². The van der Waals surface area contributed by atoms with Gasteiger partial charge in [-0.3, -0.25) is 4.79 Å². The molecule has 0 unspecified atom stereocenters. The lowest BCUT2D eigenvalue weighted by atomic mass is 10.1. The molecule has 0 fully saturated rings. The van der Waals surface area contributed by atoms with Crippen molar-refractivity contribution in [3.8, 4) is 5.75 Å². The number of amides is 1. The molecule has 0 saturated heterocycles. The van der Waals surface area contributed by atoms with Crippen molar-refractivity contribution in [2.45, 2.75) is 45.4 Å². The molecule has 7 heteroatoms. The maximum absolute atomic E-state index is 12.4. The van der Waals surface area contributed by atoms with E-state index in [2.05, 4.69) is 10.0 Å². The van der Waals surface area contributed by atoms with Crippen LogP contribution in [0.2, 0.25) is 0 Å². The highest BCUT2D eigenvalue weighted by Gasteiger charge is 2.16. The lowest BCUT2D eigenvalue weighted by Gasteiger charge is -2.12. The van der Waals surface area contributed by atoms with E-state index in [0.717, 1.165) is 22.4 Å². The standard InChI is InChI=1S/C22H30N2O4S/c1-16-10-11-20(19(4)15-16)29(26,27)24-13-12-23-21(25)9-6-14-28-22-17(2)7-5-8-18(22)3/h5,7-8,10-11,15,24H,6,9,12-14H2,1-4H3,(H,23,25). The lowest BCUT2D eigenvalue weighted by molar-refractivity contribution is -0.121. The number of ether oxygens (including phenoxy) is 1. The van der Waals surface area contributed by atoms with Crippen molar-refractivity contribution in [1.82, 2.24) is 10.0 Å². The highest BCUT2D eigenvalue weighted by atomic mass is 32.2. The molecule has 0 aliphatic carbocycles. The minimum Gasteiger partial charge on any atom is -0.493 e. The largest absolute Gasteiger partial charge is 0.493 e. The first-order chi connectivity index (χ1) is 13.7. The van der Waals surface area contributed by atoms with Gasteiger partial charge in [-0.25, -0.2) is 13.1 Å². The smallest absolute Gasteiger partial charge is 0.240 e. The van der Waals surface area contributed by atoms with Crippen molar-refractivity contribution < 1.29 is 17.9 Å². The van der Waals surface area contributed by atoms with Gasteiger partial charge in [-0.1, -0.05) is 35.9 Å². The maximum Gasteiger partial charge on any atom is 0.240 e. The number of para-hydroxylation sites is 1. The second-order valence-corrected chi connectivity index (χ2v) is 8.93. The summed E-state index contributed by atoms with van der Waals surface area (Å²) < 4.78 is 33.0. The van der Waals surface area contributed by atoms with Gasteiger partial charge in [0.05, 0.1) is 11.5 Å². The summed E-state index contributed by atoms with van der Waals surface area (Å²) in [6, 6.07) is 11.2. The van der Waals surface area contributed by atoms with Crippen LogP contribution in [0.15, 0.2) is 41.3 Å². The predicted molar refractivity (Wildman–Crippen MR) is 115 cm³/mol. The van der Waals surface area contributed by atoms with Gasteiger partial charge in [-0.15, -0.1) is 0 Å². The van der Waals surface area contributed by atoms with E-state index in [9.17, 15) is 13.2 Å². The fraction of sp³-hybridized carbons (Fsp3) is 0.409. The van der Waals surface area contributed by atoms with E-state index < -0.39 is 10.0 Å². The minimum absolute atomic E-state index is 0.124. The van der Waals surface area contributed by atoms with Crippen LogP contribution in [-0.4, -0.2) is 34.0 Å². The first-order valence-electron chi connectivity index (χ1n) is 9.73. The quantitative estimate of drug-likeness (QED) is 0.581. The summed E-state index contributed by atoms with van der Waals surface area (Å²) >= 11 is 0. The van der Waals surface area contributed by atoms with Crippen molar-refractivity contribution in [3.63, 3.8) is 0 Å². The molecule has 0 saturated carbocycles. The molecule has 0 bridgehead atoms. The predicted octanol–water partition coefficient (Wildman–Crippen LogP) is 3.17. The number of rotatable bonds is 10. The summed E-state index contributed by atoms with van der Waals surface area (Å²) in [4.78, 5) is 12.2. The van der Waals surface area contributed by atoms with Gasteiger partial charge in [0.25, 0.3) is 0 Å². The van der Waals surface area contributed by atoms with Crippen molar-refractivity contribution in [2.24, 2.45) is 0 Å². The zero-order valence-corrected chi connectivity index (χ0v) is 18.4. The zero-order chi connectivity index (χ0) is 21.4. The molecule has 0 heterocycles. The number of carbonyl (C=O) groups excluding carboxylic acids is 1. The van der Waals surface area contributed by atoms with Crippen molar-refractivity contribution in [2.75, 3.05) is 19.7 Å². The van der Waals surface area contributed by atoms with Crippen LogP contribution in [0.4, 0.5) is 0 Å². The molecular weight excluding hydrogens is 388 g/mol. The van der Waals surface area contributed by atoms with Crippen LogP contribution in [0.1, 0.15) is 35.1 Å².